The lowest BCUT2D eigenvalue weighted by atomic mass is 10.1. The van der Waals surface area contributed by atoms with Crippen molar-refractivity contribution in [2.45, 2.75) is 20.3 Å². The highest BCUT2D eigenvalue weighted by Gasteiger charge is 2.06. The van der Waals surface area contributed by atoms with Gasteiger partial charge in [-0.3, -0.25) is 0 Å². The molecule has 0 spiro atoms. The van der Waals surface area contributed by atoms with Gasteiger partial charge in [0.1, 0.15) is 0 Å². The second kappa shape index (κ2) is 7.40. The highest BCUT2D eigenvalue weighted by molar-refractivity contribution is 9.10. The van der Waals surface area contributed by atoms with Gasteiger partial charge in [-0.15, -0.1) is 5.10 Å². The van der Waals surface area contributed by atoms with Gasteiger partial charge >= 0.3 is 0 Å². The Morgan fingerprint density at radius 1 is 1.04 bits per heavy atom. The maximum atomic E-state index is 4.49. The van der Waals surface area contributed by atoms with E-state index in [1.165, 1.54) is 5.56 Å². The fourth-order valence-electron chi connectivity index (χ4n) is 2.39. The summed E-state index contributed by atoms with van der Waals surface area (Å²) in [5.41, 5.74) is 4.31. The van der Waals surface area contributed by atoms with Crippen LogP contribution in [0.4, 0.5) is 23.1 Å². The number of benzene rings is 2. The molecule has 6 heteroatoms. The van der Waals surface area contributed by atoms with Crippen molar-refractivity contribution in [3.05, 3.63) is 64.3 Å². The summed E-state index contributed by atoms with van der Waals surface area (Å²) in [6, 6.07) is 14.2. The first-order chi connectivity index (χ1) is 11.7. The van der Waals surface area contributed by atoms with Crippen LogP contribution in [-0.4, -0.2) is 15.2 Å². The monoisotopic (exact) mass is 383 g/mol. The summed E-state index contributed by atoms with van der Waals surface area (Å²) in [4.78, 5) is 4.49. The zero-order chi connectivity index (χ0) is 16.9. The number of anilines is 4. The van der Waals surface area contributed by atoms with Gasteiger partial charge in [-0.25, -0.2) is 0 Å². The van der Waals surface area contributed by atoms with E-state index in [4.69, 9.17) is 0 Å². The molecule has 24 heavy (non-hydrogen) atoms. The van der Waals surface area contributed by atoms with Gasteiger partial charge in [0.05, 0.1) is 6.20 Å². The topological polar surface area (TPSA) is 62.7 Å². The van der Waals surface area contributed by atoms with Crippen LogP contribution in [0.5, 0.6) is 0 Å². The summed E-state index contributed by atoms with van der Waals surface area (Å²) < 4.78 is 1.04. The lowest BCUT2D eigenvalue weighted by molar-refractivity contribution is 0.980. The Kier molecular flexibility index (Phi) is 5.05. The van der Waals surface area contributed by atoms with E-state index in [0.29, 0.717) is 11.8 Å². The van der Waals surface area contributed by atoms with Crippen LogP contribution in [0.3, 0.4) is 0 Å². The third-order valence-corrected chi connectivity index (χ3v) is 4.15. The molecule has 0 aliphatic heterocycles. The van der Waals surface area contributed by atoms with E-state index in [1.807, 2.05) is 43.3 Å². The van der Waals surface area contributed by atoms with E-state index in [2.05, 4.69) is 54.7 Å². The zero-order valence-corrected chi connectivity index (χ0v) is 15.1. The van der Waals surface area contributed by atoms with Crippen molar-refractivity contribution >= 4 is 39.1 Å². The highest BCUT2D eigenvalue weighted by Crippen LogP contribution is 2.23. The van der Waals surface area contributed by atoms with Crippen molar-refractivity contribution in [2.24, 2.45) is 0 Å². The average Bonchev–Trinajstić information content (AvgIpc) is 2.58. The largest absolute Gasteiger partial charge is 0.339 e. The van der Waals surface area contributed by atoms with Crippen molar-refractivity contribution < 1.29 is 0 Å². The van der Waals surface area contributed by atoms with E-state index in [1.54, 1.807) is 6.20 Å². The molecule has 1 aromatic heterocycles. The minimum atomic E-state index is 0.458. The molecule has 0 amide bonds. The van der Waals surface area contributed by atoms with Gasteiger partial charge in [0.2, 0.25) is 5.95 Å². The van der Waals surface area contributed by atoms with Crippen molar-refractivity contribution in [3.63, 3.8) is 0 Å². The fourth-order valence-corrected chi connectivity index (χ4v) is 2.87. The first kappa shape index (κ1) is 16.4. The summed E-state index contributed by atoms with van der Waals surface area (Å²) in [5, 5.41) is 14.6. The van der Waals surface area contributed by atoms with E-state index in [9.17, 15) is 0 Å². The smallest absolute Gasteiger partial charge is 0.249 e. The third kappa shape index (κ3) is 3.89. The van der Waals surface area contributed by atoms with Crippen molar-refractivity contribution in [1.82, 2.24) is 15.2 Å². The normalized spacial score (nSPS) is 10.5. The van der Waals surface area contributed by atoms with Gasteiger partial charge in [0.25, 0.3) is 0 Å². The number of nitrogens with zero attached hydrogens (tertiary/aromatic N) is 3. The highest BCUT2D eigenvalue weighted by atomic mass is 79.9. The molecule has 1 heterocycles. The molecule has 0 saturated carbocycles. The summed E-state index contributed by atoms with van der Waals surface area (Å²) in [6.45, 7) is 4.15. The Balaban J connectivity index is 1.81. The third-order valence-electron chi connectivity index (χ3n) is 3.65. The van der Waals surface area contributed by atoms with Crippen molar-refractivity contribution in [2.75, 3.05) is 10.6 Å². The molecule has 3 aromatic rings. The standard InChI is InChI=1S/C18H18BrN5/c1-3-13-6-4-5-7-16(13)21-17-11-20-24-18(23-17)22-15-9-8-14(19)10-12(15)2/h4-11H,3H2,1-2H3,(H2,21,22,23,24). The van der Waals surface area contributed by atoms with Crippen LogP contribution < -0.4 is 10.6 Å². The number of nitrogens with one attached hydrogen (secondary N) is 2. The molecule has 0 aliphatic rings. The molecule has 122 valence electrons. The molecule has 0 unspecified atom stereocenters. The summed E-state index contributed by atoms with van der Waals surface area (Å²) in [7, 11) is 0. The minimum absolute atomic E-state index is 0.458. The van der Waals surface area contributed by atoms with Crippen LogP contribution in [0, 0.1) is 6.92 Å². The Morgan fingerprint density at radius 2 is 1.88 bits per heavy atom. The maximum Gasteiger partial charge on any atom is 0.249 e. The first-order valence-electron chi connectivity index (χ1n) is 7.73. The molecular formula is C18H18BrN5. The SMILES string of the molecule is CCc1ccccc1Nc1cnnc(Nc2ccc(Br)cc2C)n1. The van der Waals surface area contributed by atoms with Gasteiger partial charge in [-0.05, 0) is 48.7 Å². The number of aryl methyl sites for hydroxylation is 2. The Labute approximate surface area is 149 Å². The van der Waals surface area contributed by atoms with Crippen LogP contribution in [-0.2, 0) is 6.42 Å². The first-order valence-corrected chi connectivity index (χ1v) is 8.53. The van der Waals surface area contributed by atoms with E-state index in [0.717, 1.165) is 27.8 Å². The number of hydrogen-bond acceptors (Lipinski definition) is 5. The summed E-state index contributed by atoms with van der Waals surface area (Å²) in [6.07, 6.45) is 2.57. The van der Waals surface area contributed by atoms with Crippen LogP contribution in [0.2, 0.25) is 0 Å². The lowest BCUT2D eigenvalue weighted by Gasteiger charge is -2.11. The molecule has 0 fully saturated rings. The van der Waals surface area contributed by atoms with Crippen LogP contribution in [0.25, 0.3) is 0 Å². The molecule has 2 N–H and O–H groups in total. The molecule has 0 saturated heterocycles. The maximum absolute atomic E-state index is 4.49. The molecule has 3 rings (SSSR count). The molecular weight excluding hydrogens is 366 g/mol. The predicted octanol–water partition coefficient (Wildman–Crippen LogP) is 4.99. The number of hydrogen-bond donors (Lipinski definition) is 2. The Morgan fingerprint density at radius 3 is 2.67 bits per heavy atom. The number of rotatable bonds is 5. The van der Waals surface area contributed by atoms with Gasteiger partial charge in [0.15, 0.2) is 5.82 Å². The van der Waals surface area contributed by atoms with Gasteiger partial charge in [-0.2, -0.15) is 10.1 Å². The molecule has 5 nitrogen and oxygen atoms in total. The average molecular weight is 384 g/mol. The molecule has 0 atom stereocenters. The fraction of sp³-hybridized carbons (Fsp3) is 0.167. The molecule has 0 bridgehead atoms. The summed E-state index contributed by atoms with van der Waals surface area (Å²) in [5.74, 6) is 1.11. The van der Waals surface area contributed by atoms with E-state index < -0.39 is 0 Å². The molecule has 0 radical (unpaired) electrons. The molecule has 2 aromatic carbocycles. The number of para-hydroxylation sites is 1. The summed E-state index contributed by atoms with van der Waals surface area (Å²) >= 11 is 3.46. The number of halogens is 1. The van der Waals surface area contributed by atoms with Gasteiger partial charge in [0, 0.05) is 15.8 Å². The van der Waals surface area contributed by atoms with Crippen LogP contribution >= 0.6 is 15.9 Å². The van der Waals surface area contributed by atoms with Crippen LogP contribution in [0.1, 0.15) is 18.1 Å². The van der Waals surface area contributed by atoms with Gasteiger partial charge < -0.3 is 10.6 Å². The van der Waals surface area contributed by atoms with Crippen LogP contribution in [0.15, 0.2) is 53.1 Å². The predicted molar refractivity (Wildman–Crippen MR) is 101 cm³/mol. The van der Waals surface area contributed by atoms with Gasteiger partial charge in [-0.1, -0.05) is 41.1 Å². The Bertz CT molecular complexity index is 850. The lowest BCUT2D eigenvalue weighted by Crippen LogP contribution is -2.04. The van der Waals surface area contributed by atoms with Crippen molar-refractivity contribution in [1.29, 1.82) is 0 Å². The van der Waals surface area contributed by atoms with E-state index >= 15 is 0 Å². The zero-order valence-electron chi connectivity index (χ0n) is 13.5. The quantitative estimate of drug-likeness (QED) is 0.649. The van der Waals surface area contributed by atoms with E-state index in [-0.39, 0.29) is 0 Å². The number of aromatic nitrogens is 3. The second-order valence-corrected chi connectivity index (χ2v) is 6.30. The molecule has 0 aliphatic carbocycles. The Hall–Kier alpha value is -2.47. The minimum Gasteiger partial charge on any atom is -0.339 e. The second-order valence-electron chi connectivity index (χ2n) is 5.39. The van der Waals surface area contributed by atoms with Crippen molar-refractivity contribution in [3.8, 4) is 0 Å².